The van der Waals surface area contributed by atoms with E-state index in [2.05, 4.69) is 15.6 Å². The van der Waals surface area contributed by atoms with Gasteiger partial charge in [0, 0.05) is 7.11 Å². The third-order valence-corrected chi connectivity index (χ3v) is 2.12. The van der Waals surface area contributed by atoms with Crippen LogP contribution < -0.4 is 20.3 Å². The van der Waals surface area contributed by atoms with Crippen molar-refractivity contribution in [3.05, 3.63) is 24.3 Å². The lowest BCUT2D eigenvalue weighted by atomic mass is 10.3. The number of para-hydroxylation sites is 2. The first-order valence-electron chi connectivity index (χ1n) is 6.08. The Balaban J connectivity index is 2.39. The molecular weight excluding hydrogens is 264 g/mol. The molecule has 0 atom stereocenters. The van der Waals surface area contributed by atoms with Crippen LogP contribution in [-0.4, -0.2) is 38.7 Å². The molecule has 1 rings (SSSR count). The van der Waals surface area contributed by atoms with Crippen molar-refractivity contribution in [3.63, 3.8) is 0 Å². The van der Waals surface area contributed by atoms with Crippen LogP contribution >= 0.6 is 0 Å². The van der Waals surface area contributed by atoms with Crippen molar-refractivity contribution in [1.29, 1.82) is 0 Å². The van der Waals surface area contributed by atoms with E-state index in [0.717, 1.165) is 0 Å². The molecule has 0 aliphatic rings. The molecule has 20 heavy (non-hydrogen) atoms. The second-order valence-electron chi connectivity index (χ2n) is 3.70. The molecule has 7 heteroatoms. The summed E-state index contributed by atoms with van der Waals surface area (Å²) in [5, 5.41) is 0. The van der Waals surface area contributed by atoms with E-state index in [4.69, 9.17) is 9.47 Å². The lowest BCUT2D eigenvalue weighted by molar-refractivity contribution is -0.131. The third-order valence-electron chi connectivity index (χ3n) is 2.12. The van der Waals surface area contributed by atoms with E-state index in [1.807, 2.05) is 13.0 Å². The first-order chi connectivity index (χ1) is 9.67. The van der Waals surface area contributed by atoms with Crippen molar-refractivity contribution in [3.8, 4) is 11.5 Å². The molecule has 110 valence electrons. The zero-order valence-electron chi connectivity index (χ0n) is 11.5. The molecule has 2 N–H and O–H groups in total. The fraction of sp³-hybridized carbons (Fsp3) is 0.385. The van der Waals surface area contributed by atoms with E-state index >= 15 is 0 Å². The van der Waals surface area contributed by atoms with Gasteiger partial charge in [-0.25, -0.2) is 0 Å². The maximum absolute atomic E-state index is 11.5. The molecular formula is C13H18N2O5. The average Bonchev–Trinajstić information content (AvgIpc) is 2.45. The van der Waals surface area contributed by atoms with Gasteiger partial charge in [-0.05, 0) is 19.1 Å². The largest absolute Gasteiger partial charge is 0.490 e. The minimum absolute atomic E-state index is 0.131. The van der Waals surface area contributed by atoms with Crippen molar-refractivity contribution in [2.45, 2.75) is 6.92 Å². The van der Waals surface area contributed by atoms with E-state index < -0.39 is 11.8 Å². The number of carbonyl (C=O) groups excluding carboxylic acids is 2. The van der Waals surface area contributed by atoms with Gasteiger partial charge in [0.25, 0.3) is 11.8 Å². The summed E-state index contributed by atoms with van der Waals surface area (Å²) >= 11 is 0. The monoisotopic (exact) mass is 282 g/mol. The fourth-order valence-electron chi connectivity index (χ4n) is 1.33. The van der Waals surface area contributed by atoms with Crippen LogP contribution in [0.2, 0.25) is 0 Å². The minimum Gasteiger partial charge on any atom is -0.490 e. The van der Waals surface area contributed by atoms with Crippen molar-refractivity contribution >= 4 is 11.8 Å². The zero-order valence-corrected chi connectivity index (χ0v) is 11.5. The van der Waals surface area contributed by atoms with Crippen LogP contribution in [0.1, 0.15) is 6.92 Å². The molecule has 0 bridgehead atoms. The summed E-state index contributed by atoms with van der Waals surface area (Å²) in [7, 11) is 1.38. The number of amides is 2. The Hall–Kier alpha value is -2.28. The third kappa shape index (κ3) is 5.57. The summed E-state index contributed by atoms with van der Waals surface area (Å²) in [6, 6.07) is 7.03. The zero-order chi connectivity index (χ0) is 14.8. The molecule has 7 nitrogen and oxygen atoms in total. The molecule has 2 amide bonds. The quantitative estimate of drug-likeness (QED) is 0.701. The Morgan fingerprint density at radius 1 is 1.00 bits per heavy atom. The van der Waals surface area contributed by atoms with Gasteiger partial charge in [-0.2, -0.15) is 0 Å². The Morgan fingerprint density at radius 3 is 2.10 bits per heavy atom. The number of benzene rings is 1. The van der Waals surface area contributed by atoms with Crippen LogP contribution in [0.5, 0.6) is 11.5 Å². The van der Waals surface area contributed by atoms with Crippen molar-refractivity contribution in [2.75, 3.05) is 26.9 Å². The van der Waals surface area contributed by atoms with E-state index in [9.17, 15) is 9.59 Å². The van der Waals surface area contributed by atoms with Crippen LogP contribution in [0.3, 0.4) is 0 Å². The van der Waals surface area contributed by atoms with Crippen molar-refractivity contribution < 1.29 is 23.8 Å². The standard InChI is InChI=1S/C13H18N2O5/c1-3-19-10-6-4-5-7-11(10)20-9-13(17)15-14-12(16)8-18-2/h4-7H,3,8-9H2,1-2H3,(H,14,16)(H,15,17). The highest BCUT2D eigenvalue weighted by molar-refractivity contribution is 5.83. The summed E-state index contributed by atoms with van der Waals surface area (Å²) < 4.78 is 15.3. The van der Waals surface area contributed by atoms with Gasteiger partial charge in [-0.3, -0.25) is 20.4 Å². The van der Waals surface area contributed by atoms with E-state index in [1.54, 1.807) is 18.2 Å². The van der Waals surface area contributed by atoms with Gasteiger partial charge in [0.1, 0.15) is 6.61 Å². The second-order valence-corrected chi connectivity index (χ2v) is 3.70. The van der Waals surface area contributed by atoms with Crippen LogP contribution in [0, 0.1) is 0 Å². The highest BCUT2D eigenvalue weighted by Crippen LogP contribution is 2.25. The molecule has 0 aliphatic carbocycles. The molecule has 0 aromatic heterocycles. The number of ether oxygens (including phenoxy) is 3. The lowest BCUT2D eigenvalue weighted by Crippen LogP contribution is -2.45. The van der Waals surface area contributed by atoms with Crippen molar-refractivity contribution in [1.82, 2.24) is 10.9 Å². The first kappa shape index (κ1) is 15.8. The van der Waals surface area contributed by atoms with Gasteiger partial charge in [-0.1, -0.05) is 12.1 Å². The smallest absolute Gasteiger partial charge is 0.276 e. The van der Waals surface area contributed by atoms with E-state index in [-0.39, 0.29) is 13.2 Å². The SMILES string of the molecule is CCOc1ccccc1OCC(=O)NNC(=O)COC. The number of methoxy groups -OCH3 is 1. The maximum atomic E-state index is 11.5. The predicted molar refractivity (Wildman–Crippen MR) is 71.3 cm³/mol. The maximum Gasteiger partial charge on any atom is 0.276 e. The fourth-order valence-corrected chi connectivity index (χ4v) is 1.33. The molecule has 0 spiro atoms. The first-order valence-corrected chi connectivity index (χ1v) is 6.08. The molecule has 0 radical (unpaired) electrons. The highest BCUT2D eigenvalue weighted by atomic mass is 16.5. The summed E-state index contributed by atoms with van der Waals surface area (Å²) in [6.45, 7) is 1.99. The van der Waals surface area contributed by atoms with Crippen LogP contribution in [0.4, 0.5) is 0 Å². The second kappa shape index (κ2) is 8.76. The molecule has 0 saturated carbocycles. The number of carbonyl (C=O) groups is 2. The van der Waals surface area contributed by atoms with Gasteiger partial charge in [0.2, 0.25) is 0 Å². The number of hydrogen-bond acceptors (Lipinski definition) is 5. The summed E-state index contributed by atoms with van der Waals surface area (Å²) in [5.41, 5.74) is 4.39. The topological polar surface area (TPSA) is 85.9 Å². The molecule has 1 aromatic carbocycles. The molecule has 0 saturated heterocycles. The molecule has 0 fully saturated rings. The van der Waals surface area contributed by atoms with Crippen molar-refractivity contribution in [2.24, 2.45) is 0 Å². The van der Waals surface area contributed by atoms with Gasteiger partial charge in [0.15, 0.2) is 18.1 Å². The number of rotatable bonds is 7. The average molecular weight is 282 g/mol. The number of nitrogens with one attached hydrogen (secondary N) is 2. The van der Waals surface area contributed by atoms with Gasteiger partial charge in [0.05, 0.1) is 6.61 Å². The van der Waals surface area contributed by atoms with Gasteiger partial charge < -0.3 is 14.2 Å². The summed E-state index contributed by atoms with van der Waals surface area (Å²) in [4.78, 5) is 22.5. The number of hydrazine groups is 1. The Bertz CT molecular complexity index is 450. The predicted octanol–water partition coefficient (Wildman–Crippen LogP) is 0.258. The normalized spacial score (nSPS) is 9.70. The Kier molecular flexibility index (Phi) is 6.91. The Labute approximate surface area is 117 Å². The molecule has 1 aromatic rings. The number of hydrogen-bond donors (Lipinski definition) is 2. The summed E-state index contributed by atoms with van der Waals surface area (Å²) in [6.07, 6.45) is 0. The lowest BCUT2D eigenvalue weighted by Gasteiger charge is -2.11. The van der Waals surface area contributed by atoms with Crippen LogP contribution in [0.15, 0.2) is 24.3 Å². The molecule has 0 unspecified atom stereocenters. The van der Waals surface area contributed by atoms with Gasteiger partial charge in [-0.15, -0.1) is 0 Å². The van der Waals surface area contributed by atoms with E-state index in [1.165, 1.54) is 7.11 Å². The van der Waals surface area contributed by atoms with E-state index in [0.29, 0.717) is 18.1 Å². The van der Waals surface area contributed by atoms with Crippen LogP contribution in [0.25, 0.3) is 0 Å². The Morgan fingerprint density at radius 2 is 1.55 bits per heavy atom. The van der Waals surface area contributed by atoms with Gasteiger partial charge >= 0.3 is 0 Å². The highest BCUT2D eigenvalue weighted by Gasteiger charge is 2.08. The summed E-state index contributed by atoms with van der Waals surface area (Å²) in [5.74, 6) is 0.0928. The minimum atomic E-state index is -0.485. The van der Waals surface area contributed by atoms with Crippen LogP contribution in [-0.2, 0) is 14.3 Å². The molecule has 0 aliphatic heterocycles. The molecule has 0 heterocycles.